The van der Waals surface area contributed by atoms with Gasteiger partial charge in [0.25, 0.3) is 0 Å². The van der Waals surface area contributed by atoms with Crippen LogP contribution in [0.25, 0.3) is 0 Å². The third kappa shape index (κ3) is 5.82. The van der Waals surface area contributed by atoms with Crippen molar-refractivity contribution in [2.75, 3.05) is 6.54 Å². The number of nitrogens with zero attached hydrogens (tertiary/aromatic N) is 1. The van der Waals surface area contributed by atoms with E-state index in [2.05, 4.69) is 27.8 Å². The van der Waals surface area contributed by atoms with Gasteiger partial charge in [-0.1, -0.05) is 29.8 Å². The molecule has 0 saturated carbocycles. The molecule has 0 unspecified atom stereocenters. The fraction of sp³-hybridized carbons (Fsp3) is 0.400. The van der Waals surface area contributed by atoms with Crippen molar-refractivity contribution in [3.05, 3.63) is 46.8 Å². The highest BCUT2D eigenvalue weighted by molar-refractivity contribution is 14.0. The van der Waals surface area contributed by atoms with Crippen molar-refractivity contribution in [2.45, 2.75) is 32.4 Å². The first-order chi connectivity index (χ1) is 9.69. The van der Waals surface area contributed by atoms with Crippen LogP contribution in [-0.4, -0.2) is 18.5 Å². The minimum Gasteiger partial charge on any atom is -0.357 e. The molecule has 6 heteroatoms. The molecular formula is C15H20ClFIN3. The number of hydrogen-bond acceptors (Lipinski definition) is 1. The third-order valence-corrected chi connectivity index (χ3v) is 3.39. The summed E-state index contributed by atoms with van der Waals surface area (Å²) < 4.78 is 13.1. The molecule has 0 aliphatic heterocycles. The number of halogens is 3. The van der Waals surface area contributed by atoms with Crippen LogP contribution in [-0.2, 0) is 6.54 Å². The smallest absolute Gasteiger partial charge is 0.191 e. The van der Waals surface area contributed by atoms with Crippen molar-refractivity contribution in [1.29, 1.82) is 0 Å². The number of nitrogens with one attached hydrogen (secondary N) is 2. The van der Waals surface area contributed by atoms with Gasteiger partial charge in [-0.25, -0.2) is 9.38 Å². The molecule has 1 aromatic carbocycles. The van der Waals surface area contributed by atoms with E-state index in [0.29, 0.717) is 12.6 Å². The Morgan fingerprint density at radius 2 is 2.10 bits per heavy atom. The van der Waals surface area contributed by atoms with Crippen LogP contribution in [0.1, 0.15) is 25.3 Å². The van der Waals surface area contributed by atoms with E-state index >= 15 is 0 Å². The summed E-state index contributed by atoms with van der Waals surface area (Å²) in [7, 11) is 0. The van der Waals surface area contributed by atoms with Gasteiger partial charge in [0, 0.05) is 12.6 Å². The van der Waals surface area contributed by atoms with Crippen LogP contribution in [0.3, 0.4) is 0 Å². The summed E-state index contributed by atoms with van der Waals surface area (Å²) in [5.41, 5.74) is 0.887. The number of benzene rings is 1. The largest absolute Gasteiger partial charge is 0.357 e. The van der Waals surface area contributed by atoms with Gasteiger partial charge in [-0.05, 0) is 37.5 Å². The Morgan fingerprint density at radius 3 is 2.71 bits per heavy atom. The zero-order valence-electron chi connectivity index (χ0n) is 11.9. The highest BCUT2D eigenvalue weighted by Gasteiger charge is 2.11. The molecule has 1 aliphatic rings. The lowest BCUT2D eigenvalue weighted by Crippen LogP contribution is -2.42. The summed E-state index contributed by atoms with van der Waals surface area (Å²) in [4.78, 5) is 4.50. The van der Waals surface area contributed by atoms with E-state index in [4.69, 9.17) is 11.6 Å². The Hall–Kier alpha value is -0.820. The zero-order chi connectivity index (χ0) is 14.4. The molecule has 3 nitrogen and oxygen atoms in total. The molecular weight excluding hydrogens is 404 g/mol. The van der Waals surface area contributed by atoms with Gasteiger partial charge in [0.05, 0.1) is 11.6 Å². The molecule has 0 heterocycles. The molecule has 2 rings (SSSR count). The lowest BCUT2D eigenvalue weighted by molar-refractivity contribution is 0.627. The summed E-state index contributed by atoms with van der Waals surface area (Å²) in [5.74, 6) is 0.378. The number of aliphatic imine (C=N–C) groups is 1. The van der Waals surface area contributed by atoms with E-state index in [1.54, 1.807) is 12.1 Å². The maximum atomic E-state index is 13.1. The Bertz CT molecular complexity index is 512. The first-order valence-electron chi connectivity index (χ1n) is 6.83. The Kier molecular flexibility index (Phi) is 8.03. The van der Waals surface area contributed by atoms with E-state index in [-0.39, 0.29) is 29.0 Å². The van der Waals surface area contributed by atoms with Crippen LogP contribution in [0, 0.1) is 5.82 Å². The molecule has 21 heavy (non-hydrogen) atoms. The fourth-order valence-electron chi connectivity index (χ4n) is 2.06. The van der Waals surface area contributed by atoms with Gasteiger partial charge in [-0.2, -0.15) is 0 Å². The van der Waals surface area contributed by atoms with Gasteiger partial charge in [0.2, 0.25) is 0 Å². The molecule has 0 amide bonds. The first-order valence-corrected chi connectivity index (χ1v) is 7.20. The summed E-state index contributed by atoms with van der Waals surface area (Å²) in [6.45, 7) is 3.30. The highest BCUT2D eigenvalue weighted by Crippen LogP contribution is 2.16. The minimum absolute atomic E-state index is 0. The SMILES string of the molecule is CCNC(=NCc1ccc(F)c(Cl)c1)NC1CC=CC1.I. The summed E-state index contributed by atoms with van der Waals surface area (Å²) >= 11 is 5.76. The average molecular weight is 424 g/mol. The van der Waals surface area contributed by atoms with Crippen LogP contribution in [0.5, 0.6) is 0 Å². The second-order valence-corrected chi connectivity index (χ2v) is 5.13. The number of rotatable bonds is 4. The number of guanidine groups is 1. The lowest BCUT2D eigenvalue weighted by Gasteiger charge is -2.16. The van der Waals surface area contributed by atoms with Gasteiger partial charge in [-0.3, -0.25) is 0 Å². The molecule has 0 bridgehead atoms. The maximum absolute atomic E-state index is 13.1. The average Bonchev–Trinajstić information content (AvgIpc) is 2.93. The molecule has 0 saturated heterocycles. The zero-order valence-corrected chi connectivity index (χ0v) is 15.0. The van der Waals surface area contributed by atoms with Gasteiger partial charge >= 0.3 is 0 Å². The van der Waals surface area contributed by atoms with Crippen molar-refractivity contribution in [1.82, 2.24) is 10.6 Å². The van der Waals surface area contributed by atoms with E-state index < -0.39 is 5.82 Å². The molecule has 0 fully saturated rings. The van der Waals surface area contributed by atoms with E-state index in [0.717, 1.165) is 30.9 Å². The normalized spacial score (nSPS) is 14.9. The first kappa shape index (κ1) is 18.2. The Morgan fingerprint density at radius 1 is 1.38 bits per heavy atom. The van der Waals surface area contributed by atoms with Gasteiger partial charge in [-0.15, -0.1) is 24.0 Å². The summed E-state index contributed by atoms with van der Waals surface area (Å²) in [5, 5.41) is 6.73. The highest BCUT2D eigenvalue weighted by atomic mass is 127. The predicted molar refractivity (Wildman–Crippen MR) is 96.9 cm³/mol. The van der Waals surface area contributed by atoms with Crippen molar-refractivity contribution < 1.29 is 4.39 Å². The second-order valence-electron chi connectivity index (χ2n) is 4.73. The van der Waals surface area contributed by atoms with Crippen LogP contribution >= 0.6 is 35.6 Å². The second kappa shape index (κ2) is 9.25. The van der Waals surface area contributed by atoms with Crippen molar-refractivity contribution in [2.24, 2.45) is 4.99 Å². The minimum atomic E-state index is -0.401. The van der Waals surface area contributed by atoms with Crippen molar-refractivity contribution in [3.63, 3.8) is 0 Å². The molecule has 0 radical (unpaired) electrons. The van der Waals surface area contributed by atoms with Gasteiger partial charge in [0.1, 0.15) is 5.82 Å². The predicted octanol–water partition coefficient (Wildman–Crippen LogP) is 3.87. The molecule has 1 aliphatic carbocycles. The lowest BCUT2D eigenvalue weighted by atomic mass is 10.2. The van der Waals surface area contributed by atoms with Crippen molar-refractivity contribution in [3.8, 4) is 0 Å². The molecule has 2 N–H and O–H groups in total. The fourth-order valence-corrected chi connectivity index (χ4v) is 2.26. The van der Waals surface area contributed by atoms with Crippen molar-refractivity contribution >= 4 is 41.5 Å². The van der Waals surface area contributed by atoms with Crippen LogP contribution in [0.4, 0.5) is 4.39 Å². The van der Waals surface area contributed by atoms with E-state index in [9.17, 15) is 4.39 Å². The van der Waals surface area contributed by atoms with Gasteiger partial charge < -0.3 is 10.6 Å². The standard InChI is InChI=1S/C15H19ClFN3.HI/c1-2-18-15(20-12-5-3-4-6-12)19-10-11-7-8-14(17)13(16)9-11;/h3-4,7-9,12H,2,5-6,10H2,1H3,(H2,18,19,20);1H. The summed E-state index contributed by atoms with van der Waals surface area (Å²) in [6.07, 6.45) is 6.38. The molecule has 0 spiro atoms. The molecule has 0 atom stereocenters. The maximum Gasteiger partial charge on any atom is 0.191 e. The number of hydrogen-bond donors (Lipinski definition) is 2. The van der Waals surface area contributed by atoms with Crippen LogP contribution < -0.4 is 10.6 Å². The van der Waals surface area contributed by atoms with E-state index in [1.165, 1.54) is 6.07 Å². The third-order valence-electron chi connectivity index (χ3n) is 3.10. The molecule has 1 aromatic rings. The Labute approximate surface area is 147 Å². The molecule has 0 aromatic heterocycles. The van der Waals surface area contributed by atoms with E-state index in [1.807, 2.05) is 6.92 Å². The molecule has 116 valence electrons. The summed E-state index contributed by atoms with van der Waals surface area (Å²) in [6, 6.07) is 5.09. The monoisotopic (exact) mass is 423 g/mol. The topological polar surface area (TPSA) is 36.4 Å². The van der Waals surface area contributed by atoms with Crippen LogP contribution in [0.15, 0.2) is 35.3 Å². The van der Waals surface area contributed by atoms with Gasteiger partial charge in [0.15, 0.2) is 5.96 Å². The quantitative estimate of drug-likeness (QED) is 0.334. The Balaban J connectivity index is 0.00000220. The van der Waals surface area contributed by atoms with Crippen LogP contribution in [0.2, 0.25) is 5.02 Å².